The SMILES string of the molecule is C=C(O)c1cccc(C(=C)O)c1-c1ccc(-c2c(C(=C)O)cccc2C(C)(C)C)c2ccccc12. The smallest absolute Gasteiger partial charge is 0.116 e. The van der Waals surface area contributed by atoms with E-state index in [1.54, 1.807) is 18.2 Å². The summed E-state index contributed by atoms with van der Waals surface area (Å²) in [6.07, 6.45) is 0. The van der Waals surface area contributed by atoms with E-state index in [0.717, 1.165) is 33.0 Å². The summed E-state index contributed by atoms with van der Waals surface area (Å²) in [5, 5.41) is 33.1. The number of hydrogen-bond donors (Lipinski definition) is 3. The van der Waals surface area contributed by atoms with Crippen LogP contribution in [0.2, 0.25) is 0 Å². The molecule has 0 amide bonds. The lowest BCUT2D eigenvalue weighted by atomic mass is 9.78. The molecule has 35 heavy (non-hydrogen) atoms. The van der Waals surface area contributed by atoms with Gasteiger partial charge in [0.15, 0.2) is 0 Å². The molecule has 0 aliphatic heterocycles. The summed E-state index contributed by atoms with van der Waals surface area (Å²) in [5.41, 5.74) is 6.03. The summed E-state index contributed by atoms with van der Waals surface area (Å²) in [5.74, 6) is -0.165. The predicted molar refractivity (Wildman–Crippen MR) is 149 cm³/mol. The second-order valence-electron chi connectivity index (χ2n) is 9.75. The van der Waals surface area contributed by atoms with E-state index in [4.69, 9.17) is 0 Å². The monoisotopic (exact) mass is 462 g/mol. The fraction of sp³-hybridized carbons (Fsp3) is 0.125. The fourth-order valence-electron chi connectivity index (χ4n) is 4.77. The molecule has 0 radical (unpaired) electrons. The van der Waals surface area contributed by atoms with Crippen molar-refractivity contribution in [3.8, 4) is 22.3 Å². The Hall–Kier alpha value is -4.24. The van der Waals surface area contributed by atoms with Crippen LogP contribution in [0.1, 0.15) is 43.0 Å². The van der Waals surface area contributed by atoms with Crippen LogP contribution in [0.25, 0.3) is 50.3 Å². The third-order valence-electron chi connectivity index (χ3n) is 6.33. The third kappa shape index (κ3) is 4.22. The van der Waals surface area contributed by atoms with Gasteiger partial charge in [-0.1, -0.05) is 113 Å². The molecular weight excluding hydrogens is 432 g/mol. The van der Waals surface area contributed by atoms with Gasteiger partial charge < -0.3 is 15.3 Å². The van der Waals surface area contributed by atoms with Gasteiger partial charge in [-0.15, -0.1) is 0 Å². The van der Waals surface area contributed by atoms with Gasteiger partial charge in [0.25, 0.3) is 0 Å². The van der Waals surface area contributed by atoms with Gasteiger partial charge in [0.1, 0.15) is 17.3 Å². The molecule has 3 N–H and O–H groups in total. The molecule has 0 saturated carbocycles. The highest BCUT2D eigenvalue weighted by Gasteiger charge is 2.24. The standard InChI is InChI=1S/C32H30O3/c1-19(33)22-13-9-14-23(20(2)34)30(22)27-17-18-28(26-12-8-7-11-25(26)27)31-24(21(3)35)15-10-16-29(31)32(4,5)6/h7-18,33-35H,1-3H2,4-6H3. The van der Waals surface area contributed by atoms with E-state index in [0.29, 0.717) is 22.3 Å². The van der Waals surface area contributed by atoms with Gasteiger partial charge in [-0.25, -0.2) is 0 Å². The van der Waals surface area contributed by atoms with Crippen LogP contribution in [-0.2, 0) is 5.41 Å². The molecule has 0 atom stereocenters. The van der Waals surface area contributed by atoms with Gasteiger partial charge in [-0.05, 0) is 38.4 Å². The first kappa shape index (κ1) is 23.9. The largest absolute Gasteiger partial charge is 0.508 e. The van der Waals surface area contributed by atoms with Crippen LogP contribution in [0.15, 0.2) is 92.5 Å². The van der Waals surface area contributed by atoms with E-state index < -0.39 is 0 Å². The van der Waals surface area contributed by atoms with Crippen LogP contribution in [0.5, 0.6) is 0 Å². The summed E-state index contributed by atoms with van der Waals surface area (Å²) in [7, 11) is 0. The van der Waals surface area contributed by atoms with E-state index >= 15 is 0 Å². The van der Waals surface area contributed by atoms with Crippen molar-refractivity contribution < 1.29 is 15.3 Å². The van der Waals surface area contributed by atoms with Gasteiger partial charge >= 0.3 is 0 Å². The molecule has 0 unspecified atom stereocenters. The molecule has 3 heteroatoms. The van der Waals surface area contributed by atoms with E-state index in [2.05, 4.69) is 46.6 Å². The fourth-order valence-corrected chi connectivity index (χ4v) is 4.77. The van der Waals surface area contributed by atoms with Crippen LogP contribution in [0.4, 0.5) is 0 Å². The summed E-state index contributed by atoms with van der Waals surface area (Å²) in [6.45, 7) is 17.7. The van der Waals surface area contributed by atoms with Crippen molar-refractivity contribution in [3.63, 3.8) is 0 Å². The van der Waals surface area contributed by atoms with Crippen LogP contribution in [0, 0.1) is 0 Å². The van der Waals surface area contributed by atoms with Crippen LogP contribution in [-0.4, -0.2) is 15.3 Å². The van der Waals surface area contributed by atoms with E-state index in [1.807, 2.05) is 48.5 Å². The molecule has 0 spiro atoms. The molecule has 176 valence electrons. The molecule has 0 aliphatic carbocycles. The number of aliphatic hydroxyl groups excluding tert-OH is 3. The molecule has 0 saturated heterocycles. The summed E-state index contributed by atoms with van der Waals surface area (Å²) >= 11 is 0. The van der Waals surface area contributed by atoms with Crippen molar-refractivity contribution in [2.75, 3.05) is 0 Å². The average Bonchev–Trinajstić information content (AvgIpc) is 2.81. The van der Waals surface area contributed by atoms with Gasteiger partial charge in [0.2, 0.25) is 0 Å². The van der Waals surface area contributed by atoms with Gasteiger partial charge in [0.05, 0.1) is 0 Å². The summed E-state index contributed by atoms with van der Waals surface area (Å²) in [6, 6.07) is 23.2. The lowest BCUT2D eigenvalue weighted by Gasteiger charge is -2.26. The number of aliphatic hydroxyl groups is 3. The normalized spacial score (nSPS) is 11.4. The zero-order chi connectivity index (χ0) is 25.5. The maximum atomic E-state index is 10.5. The summed E-state index contributed by atoms with van der Waals surface area (Å²) < 4.78 is 0. The Morgan fingerprint density at radius 3 is 1.37 bits per heavy atom. The maximum absolute atomic E-state index is 10.5. The van der Waals surface area contributed by atoms with E-state index in [9.17, 15) is 15.3 Å². The average molecular weight is 463 g/mol. The van der Waals surface area contributed by atoms with Crippen molar-refractivity contribution in [2.45, 2.75) is 26.2 Å². The first-order valence-corrected chi connectivity index (χ1v) is 11.5. The zero-order valence-corrected chi connectivity index (χ0v) is 20.4. The van der Waals surface area contributed by atoms with Crippen molar-refractivity contribution in [1.82, 2.24) is 0 Å². The van der Waals surface area contributed by atoms with Gasteiger partial charge in [-0.3, -0.25) is 0 Å². The Labute approximate surface area is 206 Å². The lowest BCUT2D eigenvalue weighted by Crippen LogP contribution is -2.14. The van der Waals surface area contributed by atoms with Crippen molar-refractivity contribution >= 4 is 28.0 Å². The molecular formula is C32H30O3. The molecule has 0 fully saturated rings. The van der Waals surface area contributed by atoms with E-state index in [-0.39, 0.29) is 22.7 Å². The second kappa shape index (κ2) is 8.84. The Bertz CT molecular complexity index is 1470. The Morgan fingerprint density at radius 2 is 0.943 bits per heavy atom. The van der Waals surface area contributed by atoms with E-state index in [1.165, 1.54) is 0 Å². The van der Waals surface area contributed by atoms with Crippen LogP contribution >= 0.6 is 0 Å². The first-order chi connectivity index (χ1) is 16.5. The zero-order valence-electron chi connectivity index (χ0n) is 20.4. The van der Waals surface area contributed by atoms with Crippen LogP contribution in [0.3, 0.4) is 0 Å². The number of rotatable bonds is 5. The Morgan fingerprint density at radius 1 is 0.543 bits per heavy atom. The highest BCUT2D eigenvalue weighted by atomic mass is 16.3. The highest BCUT2D eigenvalue weighted by Crippen LogP contribution is 2.44. The molecule has 0 aliphatic rings. The quantitative estimate of drug-likeness (QED) is 0.259. The van der Waals surface area contributed by atoms with Crippen molar-refractivity contribution in [3.05, 3.63) is 115 Å². The minimum atomic E-state index is -0.177. The molecule has 4 aromatic rings. The minimum Gasteiger partial charge on any atom is -0.508 e. The topological polar surface area (TPSA) is 60.7 Å². The Kier molecular flexibility index (Phi) is 6.04. The molecule has 0 bridgehead atoms. The highest BCUT2D eigenvalue weighted by molar-refractivity contribution is 6.08. The Balaban J connectivity index is 2.15. The third-order valence-corrected chi connectivity index (χ3v) is 6.33. The first-order valence-electron chi connectivity index (χ1n) is 11.5. The van der Waals surface area contributed by atoms with Crippen LogP contribution < -0.4 is 0 Å². The molecule has 4 aromatic carbocycles. The molecule has 3 nitrogen and oxygen atoms in total. The minimum absolute atomic E-state index is 0.0139. The van der Waals surface area contributed by atoms with Crippen molar-refractivity contribution in [1.29, 1.82) is 0 Å². The molecule has 4 rings (SSSR count). The predicted octanol–water partition coefficient (Wildman–Crippen LogP) is 9.06. The molecule has 0 aromatic heterocycles. The lowest BCUT2D eigenvalue weighted by molar-refractivity contribution is 0.511. The summed E-state index contributed by atoms with van der Waals surface area (Å²) in [4.78, 5) is 0. The number of benzene rings is 4. The van der Waals surface area contributed by atoms with Gasteiger partial charge in [-0.2, -0.15) is 0 Å². The number of hydrogen-bond acceptors (Lipinski definition) is 3. The number of fused-ring (bicyclic) bond motifs is 1. The maximum Gasteiger partial charge on any atom is 0.116 e. The second-order valence-corrected chi connectivity index (χ2v) is 9.75. The molecule has 0 heterocycles. The van der Waals surface area contributed by atoms with Gasteiger partial charge in [0, 0.05) is 22.3 Å². The van der Waals surface area contributed by atoms with Crippen molar-refractivity contribution in [2.24, 2.45) is 0 Å².